The van der Waals surface area contributed by atoms with Crippen molar-refractivity contribution in [2.75, 3.05) is 13.1 Å². The molecule has 0 radical (unpaired) electrons. The third kappa shape index (κ3) is 4.52. The molecule has 2 heterocycles. The van der Waals surface area contributed by atoms with Crippen LogP contribution in [0.4, 0.5) is 4.39 Å². The van der Waals surface area contributed by atoms with E-state index in [1.54, 1.807) is 42.5 Å². The van der Waals surface area contributed by atoms with Crippen molar-refractivity contribution in [2.45, 2.75) is 30.7 Å². The van der Waals surface area contributed by atoms with Crippen LogP contribution in [0.3, 0.4) is 0 Å². The average molecular weight is 443 g/mol. The molecule has 0 aliphatic carbocycles. The summed E-state index contributed by atoms with van der Waals surface area (Å²) in [6.07, 6.45) is 2.54. The first-order chi connectivity index (χ1) is 14.8. The summed E-state index contributed by atoms with van der Waals surface area (Å²) in [6, 6.07) is 14.3. The molecule has 1 fully saturated rings. The van der Waals surface area contributed by atoms with E-state index in [0.717, 1.165) is 5.56 Å². The maximum Gasteiger partial charge on any atom is 0.272 e. The van der Waals surface area contributed by atoms with Crippen LogP contribution in [-0.4, -0.2) is 47.5 Å². The highest BCUT2D eigenvalue weighted by Crippen LogP contribution is 2.21. The van der Waals surface area contributed by atoms with E-state index in [1.807, 2.05) is 6.92 Å². The van der Waals surface area contributed by atoms with Crippen molar-refractivity contribution in [3.8, 4) is 5.69 Å². The van der Waals surface area contributed by atoms with Gasteiger partial charge in [-0.05, 0) is 50.1 Å². The minimum Gasteiger partial charge on any atom is -0.348 e. The first-order valence-electron chi connectivity index (χ1n) is 10.0. The van der Waals surface area contributed by atoms with E-state index in [4.69, 9.17) is 0 Å². The van der Waals surface area contributed by atoms with Gasteiger partial charge in [0.2, 0.25) is 10.0 Å². The zero-order chi connectivity index (χ0) is 22.0. The molecule has 0 bridgehead atoms. The molecule has 3 aromatic rings. The monoisotopic (exact) mass is 442 g/mol. The molecule has 0 atom stereocenters. The number of carbonyl (C=O) groups excluding carboxylic acids is 1. The van der Waals surface area contributed by atoms with Gasteiger partial charge >= 0.3 is 0 Å². The van der Waals surface area contributed by atoms with E-state index in [9.17, 15) is 17.6 Å². The van der Waals surface area contributed by atoms with E-state index >= 15 is 0 Å². The molecule has 1 aromatic heterocycles. The number of benzene rings is 2. The summed E-state index contributed by atoms with van der Waals surface area (Å²) >= 11 is 0. The molecule has 162 valence electrons. The lowest BCUT2D eigenvalue weighted by Crippen LogP contribution is -2.46. The number of aromatic nitrogens is 2. The molecule has 1 saturated heterocycles. The molecule has 0 unspecified atom stereocenters. The number of aryl methyl sites for hydroxylation is 1. The molecule has 1 N–H and O–H groups in total. The van der Waals surface area contributed by atoms with Gasteiger partial charge in [-0.2, -0.15) is 9.40 Å². The second-order valence-electron chi connectivity index (χ2n) is 7.56. The quantitative estimate of drug-likeness (QED) is 0.659. The highest BCUT2D eigenvalue weighted by molar-refractivity contribution is 7.89. The zero-order valence-corrected chi connectivity index (χ0v) is 17.8. The summed E-state index contributed by atoms with van der Waals surface area (Å²) in [5.74, 6) is -0.797. The maximum atomic E-state index is 13.9. The summed E-state index contributed by atoms with van der Waals surface area (Å²) < 4.78 is 42.3. The number of hydrogen-bond acceptors (Lipinski definition) is 4. The first-order valence-corrected chi connectivity index (χ1v) is 11.5. The minimum absolute atomic E-state index is 0.157. The number of carbonyl (C=O) groups is 1. The van der Waals surface area contributed by atoms with Gasteiger partial charge in [-0.3, -0.25) is 4.79 Å². The molecule has 7 nitrogen and oxygen atoms in total. The fraction of sp³-hybridized carbons (Fsp3) is 0.273. The number of nitrogens with zero attached hydrogens (tertiary/aromatic N) is 3. The zero-order valence-electron chi connectivity index (χ0n) is 17.0. The van der Waals surface area contributed by atoms with Crippen LogP contribution >= 0.6 is 0 Å². The highest BCUT2D eigenvalue weighted by atomic mass is 32.2. The van der Waals surface area contributed by atoms with Gasteiger partial charge in [0.05, 0.1) is 4.90 Å². The number of amides is 1. The Kier molecular flexibility index (Phi) is 5.88. The third-order valence-corrected chi connectivity index (χ3v) is 7.28. The summed E-state index contributed by atoms with van der Waals surface area (Å²) in [6.45, 7) is 2.56. The van der Waals surface area contributed by atoms with Gasteiger partial charge in [0.15, 0.2) is 5.69 Å². The number of piperidine rings is 1. The Hall–Kier alpha value is -3.04. The van der Waals surface area contributed by atoms with Gasteiger partial charge in [-0.25, -0.2) is 17.5 Å². The average Bonchev–Trinajstić information content (AvgIpc) is 3.25. The van der Waals surface area contributed by atoms with Gasteiger partial charge < -0.3 is 5.32 Å². The van der Waals surface area contributed by atoms with Crippen LogP contribution in [0.15, 0.2) is 65.7 Å². The predicted octanol–water partition coefficient (Wildman–Crippen LogP) is 2.90. The van der Waals surface area contributed by atoms with E-state index < -0.39 is 15.8 Å². The van der Waals surface area contributed by atoms with Crippen molar-refractivity contribution >= 4 is 15.9 Å². The molecule has 31 heavy (non-hydrogen) atoms. The molecule has 2 aromatic carbocycles. The van der Waals surface area contributed by atoms with Crippen LogP contribution in [0.2, 0.25) is 0 Å². The van der Waals surface area contributed by atoms with Crippen LogP contribution in [0.1, 0.15) is 28.9 Å². The number of nitrogens with one attached hydrogen (secondary N) is 1. The van der Waals surface area contributed by atoms with Crippen molar-refractivity contribution in [3.05, 3.63) is 77.9 Å². The number of para-hydroxylation sites is 1. The number of hydrogen-bond donors (Lipinski definition) is 1. The largest absolute Gasteiger partial charge is 0.348 e. The number of rotatable bonds is 5. The highest BCUT2D eigenvalue weighted by Gasteiger charge is 2.30. The summed E-state index contributed by atoms with van der Waals surface area (Å²) in [5.41, 5.74) is 1.44. The van der Waals surface area contributed by atoms with Crippen LogP contribution in [0.5, 0.6) is 0 Å². The molecule has 0 saturated carbocycles. The normalized spacial score (nSPS) is 15.7. The Morgan fingerprint density at radius 2 is 1.74 bits per heavy atom. The van der Waals surface area contributed by atoms with E-state index in [-0.39, 0.29) is 28.2 Å². The van der Waals surface area contributed by atoms with Crippen molar-refractivity contribution < 1.29 is 17.6 Å². The van der Waals surface area contributed by atoms with Crippen LogP contribution < -0.4 is 5.32 Å². The summed E-state index contributed by atoms with van der Waals surface area (Å²) in [7, 11) is -3.54. The van der Waals surface area contributed by atoms with Crippen LogP contribution in [0, 0.1) is 12.7 Å². The smallest absolute Gasteiger partial charge is 0.272 e. The van der Waals surface area contributed by atoms with Gasteiger partial charge in [0.25, 0.3) is 5.91 Å². The Morgan fingerprint density at radius 1 is 1.06 bits per heavy atom. The predicted molar refractivity (Wildman–Crippen MR) is 114 cm³/mol. The SMILES string of the molecule is Cc1ccc(S(=O)(=O)N2CCC(NC(=O)c3ccn(-c4ccccc4F)n3)CC2)cc1. The fourth-order valence-electron chi connectivity index (χ4n) is 3.58. The van der Waals surface area contributed by atoms with E-state index in [0.29, 0.717) is 25.9 Å². The lowest BCUT2D eigenvalue weighted by molar-refractivity contribution is 0.0918. The molecule has 4 rings (SSSR count). The second kappa shape index (κ2) is 8.60. The fourth-order valence-corrected chi connectivity index (χ4v) is 5.05. The molecular formula is C22H23FN4O3S. The standard InChI is InChI=1S/C22H23FN4O3S/c1-16-6-8-18(9-7-16)31(29,30)26-13-10-17(11-14-26)24-22(28)20-12-15-27(25-20)21-5-3-2-4-19(21)23/h2-9,12,15,17H,10-11,13-14H2,1H3,(H,24,28). The van der Waals surface area contributed by atoms with Crippen molar-refractivity contribution in [3.63, 3.8) is 0 Å². The lowest BCUT2D eigenvalue weighted by Gasteiger charge is -2.31. The summed E-state index contributed by atoms with van der Waals surface area (Å²) in [5, 5.41) is 7.07. The molecule has 0 spiro atoms. The van der Waals surface area contributed by atoms with Gasteiger partial charge in [0, 0.05) is 25.3 Å². The Bertz CT molecular complexity index is 1180. The minimum atomic E-state index is -3.54. The number of halogens is 1. The molecule has 1 aliphatic heterocycles. The van der Waals surface area contributed by atoms with Gasteiger partial charge in [-0.15, -0.1) is 0 Å². The maximum absolute atomic E-state index is 13.9. The van der Waals surface area contributed by atoms with Gasteiger partial charge in [-0.1, -0.05) is 29.8 Å². The van der Waals surface area contributed by atoms with Gasteiger partial charge in [0.1, 0.15) is 11.5 Å². The third-order valence-electron chi connectivity index (χ3n) is 5.37. The van der Waals surface area contributed by atoms with Crippen molar-refractivity contribution in [1.82, 2.24) is 19.4 Å². The Balaban J connectivity index is 1.36. The molecule has 9 heteroatoms. The molecule has 1 aliphatic rings. The van der Waals surface area contributed by atoms with Crippen molar-refractivity contribution in [2.24, 2.45) is 0 Å². The van der Waals surface area contributed by atoms with Crippen molar-refractivity contribution in [1.29, 1.82) is 0 Å². The summed E-state index contributed by atoms with van der Waals surface area (Å²) in [4.78, 5) is 12.8. The van der Waals surface area contributed by atoms with Crippen LogP contribution in [-0.2, 0) is 10.0 Å². The molecular weight excluding hydrogens is 419 g/mol. The molecule has 1 amide bonds. The number of sulfonamides is 1. The Labute approximate surface area is 180 Å². The van der Waals surface area contributed by atoms with Crippen LogP contribution in [0.25, 0.3) is 5.69 Å². The first kappa shape index (κ1) is 21.2. The topological polar surface area (TPSA) is 84.3 Å². The van der Waals surface area contributed by atoms with E-state index in [1.165, 1.54) is 27.3 Å². The van der Waals surface area contributed by atoms with E-state index in [2.05, 4.69) is 10.4 Å². The lowest BCUT2D eigenvalue weighted by atomic mass is 10.1. The Morgan fingerprint density at radius 3 is 2.42 bits per heavy atom. The second-order valence-corrected chi connectivity index (χ2v) is 9.50.